The fourth-order valence-electron chi connectivity index (χ4n) is 2.05. The Bertz CT molecular complexity index is 659. The Morgan fingerprint density at radius 1 is 1.50 bits per heavy atom. The number of carbonyl (C=O) groups is 1. The van der Waals surface area contributed by atoms with E-state index in [0.717, 1.165) is 16.4 Å². The van der Waals surface area contributed by atoms with Gasteiger partial charge in [0.25, 0.3) is 5.91 Å². The van der Waals surface area contributed by atoms with Crippen molar-refractivity contribution in [3.63, 3.8) is 0 Å². The zero-order valence-corrected chi connectivity index (χ0v) is 12.1. The topological polar surface area (TPSA) is 68.5 Å². The number of nitrogens with zero attached hydrogens (tertiary/aromatic N) is 2. The Hall–Kier alpha value is -1.79. The van der Waals surface area contributed by atoms with Crippen LogP contribution in [0.2, 0.25) is 5.02 Å². The normalized spacial score (nSPS) is 14.3. The lowest BCUT2D eigenvalue weighted by Crippen LogP contribution is -2.25. The predicted molar refractivity (Wildman–Crippen MR) is 78.6 cm³/mol. The molecular formula is C13H12ClN3O2S. The lowest BCUT2D eigenvalue weighted by molar-refractivity contribution is 0.0996. The number of rotatable bonds is 2. The van der Waals surface area contributed by atoms with E-state index in [-0.39, 0.29) is 0 Å². The second kappa shape index (κ2) is 5.30. The van der Waals surface area contributed by atoms with Crippen molar-refractivity contribution in [1.82, 2.24) is 4.98 Å². The molecule has 0 radical (unpaired) electrons. The van der Waals surface area contributed by atoms with Gasteiger partial charge in [-0.05, 0) is 18.2 Å². The molecule has 1 amide bonds. The van der Waals surface area contributed by atoms with Crippen LogP contribution in [0.5, 0.6) is 5.75 Å². The molecule has 1 aliphatic rings. The van der Waals surface area contributed by atoms with Gasteiger partial charge < -0.3 is 15.4 Å². The molecule has 0 bridgehead atoms. The Morgan fingerprint density at radius 2 is 2.35 bits per heavy atom. The van der Waals surface area contributed by atoms with Crippen molar-refractivity contribution in [1.29, 1.82) is 0 Å². The number of anilines is 1. The number of halogens is 1. The average Bonchev–Trinajstić information content (AvgIpc) is 2.81. The van der Waals surface area contributed by atoms with Crippen molar-refractivity contribution < 1.29 is 9.53 Å². The first kappa shape index (κ1) is 13.2. The van der Waals surface area contributed by atoms with Gasteiger partial charge in [-0.25, -0.2) is 4.98 Å². The molecular weight excluding hydrogens is 298 g/mol. The minimum Gasteiger partial charge on any atom is -0.491 e. The van der Waals surface area contributed by atoms with Gasteiger partial charge in [-0.2, -0.15) is 0 Å². The average molecular weight is 310 g/mol. The number of amides is 1. The monoisotopic (exact) mass is 309 g/mol. The Morgan fingerprint density at radius 3 is 3.10 bits per heavy atom. The van der Waals surface area contributed by atoms with Gasteiger partial charge in [-0.3, -0.25) is 4.79 Å². The van der Waals surface area contributed by atoms with Crippen molar-refractivity contribution in [3.05, 3.63) is 39.9 Å². The van der Waals surface area contributed by atoms with Crippen LogP contribution >= 0.6 is 22.9 Å². The molecule has 2 aromatic rings. The molecule has 5 nitrogen and oxygen atoms in total. The Balaban J connectivity index is 1.89. The van der Waals surface area contributed by atoms with Gasteiger partial charge in [0.05, 0.1) is 6.54 Å². The molecule has 0 saturated heterocycles. The highest BCUT2D eigenvalue weighted by molar-refractivity contribution is 7.13. The van der Waals surface area contributed by atoms with Crippen molar-refractivity contribution in [2.45, 2.75) is 6.54 Å². The van der Waals surface area contributed by atoms with Gasteiger partial charge in [0, 0.05) is 22.5 Å². The summed E-state index contributed by atoms with van der Waals surface area (Å²) in [6, 6.07) is 5.57. The summed E-state index contributed by atoms with van der Waals surface area (Å²) in [7, 11) is 0. The number of hydrogen-bond donors (Lipinski definition) is 1. The molecule has 0 atom stereocenters. The van der Waals surface area contributed by atoms with Gasteiger partial charge >= 0.3 is 0 Å². The van der Waals surface area contributed by atoms with Gasteiger partial charge in [0.1, 0.15) is 18.1 Å². The smallest absolute Gasteiger partial charge is 0.268 e. The van der Waals surface area contributed by atoms with Crippen LogP contribution in [0.4, 0.5) is 5.13 Å². The lowest BCUT2D eigenvalue weighted by atomic mass is 10.2. The number of carbonyl (C=O) groups excluding carboxylic acids is 1. The van der Waals surface area contributed by atoms with Crippen LogP contribution in [-0.4, -0.2) is 24.0 Å². The number of fused-ring (bicyclic) bond motifs is 1. The lowest BCUT2D eigenvalue weighted by Gasteiger charge is -2.18. The third-order valence-electron chi connectivity index (χ3n) is 3.02. The van der Waals surface area contributed by atoms with Crippen LogP contribution in [0.25, 0.3) is 0 Å². The number of primary amides is 1. The fourth-order valence-corrected chi connectivity index (χ4v) is 3.09. The molecule has 1 aromatic carbocycles. The molecule has 20 heavy (non-hydrogen) atoms. The SMILES string of the molecule is NC(=O)c1csc(N2CCOc3ccc(Cl)cc3C2)n1. The second-order valence-corrected chi connectivity index (χ2v) is 5.67. The number of nitrogens with two attached hydrogens (primary N) is 1. The third-order valence-corrected chi connectivity index (χ3v) is 4.15. The molecule has 0 unspecified atom stereocenters. The summed E-state index contributed by atoms with van der Waals surface area (Å²) in [5, 5.41) is 3.10. The number of benzene rings is 1. The molecule has 104 valence electrons. The van der Waals surface area contributed by atoms with E-state index in [0.29, 0.717) is 30.4 Å². The number of thiazole rings is 1. The van der Waals surface area contributed by atoms with E-state index in [1.54, 1.807) is 5.38 Å². The van der Waals surface area contributed by atoms with E-state index in [9.17, 15) is 4.79 Å². The number of hydrogen-bond acceptors (Lipinski definition) is 5. The van der Waals surface area contributed by atoms with Crippen LogP contribution in [0.15, 0.2) is 23.6 Å². The molecule has 0 spiro atoms. The van der Waals surface area contributed by atoms with Crippen LogP contribution in [-0.2, 0) is 6.54 Å². The summed E-state index contributed by atoms with van der Waals surface area (Å²) in [6.45, 7) is 1.89. The minimum absolute atomic E-state index is 0.293. The summed E-state index contributed by atoms with van der Waals surface area (Å²) >= 11 is 7.42. The van der Waals surface area contributed by atoms with Gasteiger partial charge in [0.2, 0.25) is 0 Å². The van der Waals surface area contributed by atoms with E-state index in [2.05, 4.69) is 9.88 Å². The first-order valence-electron chi connectivity index (χ1n) is 6.05. The largest absolute Gasteiger partial charge is 0.491 e. The van der Waals surface area contributed by atoms with Crippen LogP contribution in [0, 0.1) is 0 Å². The Labute approximate surface area is 124 Å². The minimum atomic E-state index is -0.512. The fraction of sp³-hybridized carbons (Fsp3) is 0.231. The molecule has 2 heterocycles. The van der Waals surface area contributed by atoms with Crippen LogP contribution < -0.4 is 15.4 Å². The van der Waals surface area contributed by atoms with Crippen molar-refractivity contribution in [2.24, 2.45) is 5.73 Å². The summed E-state index contributed by atoms with van der Waals surface area (Å²) in [5.41, 5.74) is 6.53. The van der Waals surface area contributed by atoms with E-state index in [1.165, 1.54) is 11.3 Å². The first-order chi connectivity index (χ1) is 9.63. The van der Waals surface area contributed by atoms with E-state index in [4.69, 9.17) is 22.1 Å². The molecule has 7 heteroatoms. The molecule has 0 aliphatic carbocycles. The molecule has 1 aliphatic heterocycles. The molecule has 0 fully saturated rings. The van der Waals surface area contributed by atoms with Gasteiger partial charge in [-0.1, -0.05) is 11.6 Å². The van der Waals surface area contributed by atoms with E-state index < -0.39 is 5.91 Å². The number of ether oxygens (including phenoxy) is 1. The van der Waals surface area contributed by atoms with Gasteiger partial charge in [0.15, 0.2) is 5.13 Å². The maximum Gasteiger partial charge on any atom is 0.268 e. The van der Waals surface area contributed by atoms with E-state index >= 15 is 0 Å². The van der Waals surface area contributed by atoms with Crippen molar-refractivity contribution in [2.75, 3.05) is 18.1 Å². The first-order valence-corrected chi connectivity index (χ1v) is 7.31. The molecule has 2 N–H and O–H groups in total. The summed E-state index contributed by atoms with van der Waals surface area (Å²) < 4.78 is 5.69. The summed E-state index contributed by atoms with van der Waals surface area (Å²) in [6.07, 6.45) is 0. The maximum atomic E-state index is 11.1. The summed E-state index contributed by atoms with van der Waals surface area (Å²) in [4.78, 5) is 17.4. The molecule has 3 rings (SSSR count). The second-order valence-electron chi connectivity index (χ2n) is 4.40. The highest BCUT2D eigenvalue weighted by atomic mass is 35.5. The number of aromatic nitrogens is 1. The molecule has 1 aromatic heterocycles. The molecule has 0 saturated carbocycles. The zero-order valence-electron chi connectivity index (χ0n) is 10.5. The quantitative estimate of drug-likeness (QED) is 0.924. The third kappa shape index (κ3) is 2.57. The predicted octanol–water partition coefficient (Wildman–Crippen LogP) is 2.29. The Kier molecular flexibility index (Phi) is 3.50. The maximum absolute atomic E-state index is 11.1. The highest BCUT2D eigenvalue weighted by Gasteiger charge is 2.19. The van der Waals surface area contributed by atoms with Crippen molar-refractivity contribution in [3.8, 4) is 5.75 Å². The van der Waals surface area contributed by atoms with Crippen molar-refractivity contribution >= 4 is 34.0 Å². The van der Waals surface area contributed by atoms with Gasteiger partial charge in [-0.15, -0.1) is 11.3 Å². The van der Waals surface area contributed by atoms with Crippen LogP contribution in [0.1, 0.15) is 16.1 Å². The summed E-state index contributed by atoms with van der Waals surface area (Å²) in [5.74, 6) is 0.325. The van der Waals surface area contributed by atoms with Crippen LogP contribution in [0.3, 0.4) is 0 Å². The zero-order chi connectivity index (χ0) is 14.1. The highest BCUT2D eigenvalue weighted by Crippen LogP contribution is 2.30. The van der Waals surface area contributed by atoms with E-state index in [1.807, 2.05) is 18.2 Å². The standard InChI is InChI=1S/C13H12ClN3O2S/c14-9-1-2-11-8(5-9)6-17(3-4-19-11)13-16-10(7-20-13)12(15)18/h1-2,5,7H,3-4,6H2,(H2,15,18).